The zero-order valence-corrected chi connectivity index (χ0v) is 28.8. The molecule has 4 heteroatoms. The first-order valence-corrected chi connectivity index (χ1v) is 17.7. The summed E-state index contributed by atoms with van der Waals surface area (Å²) >= 11 is 7.93. The van der Waals surface area contributed by atoms with Gasteiger partial charge in [-0.1, -0.05) is 141 Å². The lowest BCUT2D eigenvalue weighted by atomic mass is 9.95. The van der Waals surface area contributed by atoms with Gasteiger partial charge in [0.2, 0.25) is 0 Å². The lowest BCUT2D eigenvalue weighted by Gasteiger charge is -2.14. The van der Waals surface area contributed by atoms with Crippen molar-refractivity contribution in [1.29, 1.82) is 0 Å². The number of halogens is 2. The molecule has 2 aromatic heterocycles. The standard InChI is InChI=1S/C44H26Br2N2/c45-29-23-35(43-33-17-5-7-19-39(33)47(41(43)25-29)37-21-9-13-27-11-1-3-15-31(27)37)36-24-30(46)26-42-44(36)34-18-6-8-20-40(34)48(42)38-22-10-14-28-12-2-4-16-32(28)38/h1-26H. The van der Waals surface area contributed by atoms with E-state index in [1.54, 1.807) is 0 Å². The van der Waals surface area contributed by atoms with E-state index >= 15 is 0 Å². The average Bonchev–Trinajstić information content (AvgIpc) is 3.63. The molecule has 226 valence electrons. The largest absolute Gasteiger partial charge is 0.309 e. The molecule has 0 N–H and O–H groups in total. The Bertz CT molecular complexity index is 2720. The van der Waals surface area contributed by atoms with Crippen LogP contribution in [0.3, 0.4) is 0 Å². The third-order valence-corrected chi connectivity index (χ3v) is 10.7. The number of hydrogen-bond acceptors (Lipinski definition) is 0. The molecule has 2 nitrogen and oxygen atoms in total. The monoisotopic (exact) mass is 740 g/mol. The Hall–Kier alpha value is -5.16. The third-order valence-electron chi connectivity index (χ3n) is 9.78. The van der Waals surface area contributed by atoms with Crippen LogP contribution in [0.25, 0.3) is 87.7 Å². The van der Waals surface area contributed by atoms with Gasteiger partial charge in [-0.3, -0.25) is 0 Å². The second-order valence-electron chi connectivity index (χ2n) is 12.4. The van der Waals surface area contributed by atoms with Crippen LogP contribution in [-0.4, -0.2) is 9.13 Å². The van der Waals surface area contributed by atoms with E-state index in [4.69, 9.17) is 0 Å². The molecule has 0 spiro atoms. The van der Waals surface area contributed by atoms with E-state index in [1.807, 2.05) is 0 Å². The molecule has 0 atom stereocenters. The summed E-state index contributed by atoms with van der Waals surface area (Å²) in [6.45, 7) is 0. The molecule has 0 saturated carbocycles. The van der Waals surface area contributed by atoms with Crippen molar-refractivity contribution in [2.24, 2.45) is 0 Å². The molecule has 0 saturated heterocycles. The third kappa shape index (κ3) is 4.03. The minimum Gasteiger partial charge on any atom is -0.309 e. The summed E-state index contributed by atoms with van der Waals surface area (Å²) in [4.78, 5) is 0. The highest BCUT2D eigenvalue weighted by atomic mass is 79.9. The highest BCUT2D eigenvalue weighted by Gasteiger charge is 2.23. The van der Waals surface area contributed by atoms with E-state index in [-0.39, 0.29) is 0 Å². The van der Waals surface area contributed by atoms with Crippen molar-refractivity contribution >= 4 is 97.0 Å². The number of fused-ring (bicyclic) bond motifs is 8. The molecular weight excluding hydrogens is 716 g/mol. The van der Waals surface area contributed by atoms with Crippen molar-refractivity contribution in [2.45, 2.75) is 0 Å². The SMILES string of the molecule is Brc1cc(-c2cc(Br)cc3c2c2ccccc2n3-c2cccc3ccccc23)c2c3ccccc3n(-c3cccc4ccccc34)c2c1. The molecular formula is C44H26Br2N2. The molecule has 8 aromatic carbocycles. The molecule has 0 fully saturated rings. The number of nitrogens with zero attached hydrogens (tertiary/aromatic N) is 2. The molecule has 0 aliphatic carbocycles. The maximum absolute atomic E-state index is 3.97. The first-order valence-electron chi connectivity index (χ1n) is 16.1. The summed E-state index contributed by atoms with van der Waals surface area (Å²) < 4.78 is 6.96. The van der Waals surface area contributed by atoms with E-state index in [0.717, 1.165) is 8.95 Å². The van der Waals surface area contributed by atoms with E-state index in [2.05, 4.69) is 199 Å². The van der Waals surface area contributed by atoms with E-state index in [9.17, 15) is 0 Å². The molecule has 10 rings (SSSR count). The van der Waals surface area contributed by atoms with E-state index < -0.39 is 0 Å². The van der Waals surface area contributed by atoms with Gasteiger partial charge < -0.3 is 9.13 Å². The molecule has 2 heterocycles. The Morgan fingerprint density at radius 1 is 0.333 bits per heavy atom. The van der Waals surface area contributed by atoms with Crippen molar-refractivity contribution in [3.63, 3.8) is 0 Å². The van der Waals surface area contributed by atoms with Crippen LogP contribution < -0.4 is 0 Å². The number of aromatic nitrogens is 2. The first-order chi connectivity index (χ1) is 23.7. The quantitative estimate of drug-likeness (QED) is 0.171. The van der Waals surface area contributed by atoms with E-state index in [1.165, 1.54) is 87.7 Å². The van der Waals surface area contributed by atoms with Gasteiger partial charge in [-0.25, -0.2) is 0 Å². The Morgan fingerprint density at radius 3 is 1.17 bits per heavy atom. The van der Waals surface area contributed by atoms with Gasteiger partial charge in [0, 0.05) is 41.3 Å². The summed E-state index contributed by atoms with van der Waals surface area (Å²) in [5, 5.41) is 9.85. The van der Waals surface area contributed by atoms with Gasteiger partial charge in [0.05, 0.1) is 33.4 Å². The van der Waals surface area contributed by atoms with Crippen LogP contribution in [0, 0.1) is 0 Å². The van der Waals surface area contributed by atoms with Gasteiger partial charge in [0.25, 0.3) is 0 Å². The Balaban J connectivity index is 1.37. The summed E-state index contributed by atoms with van der Waals surface area (Å²) in [7, 11) is 0. The fourth-order valence-corrected chi connectivity index (χ4v) is 8.77. The second-order valence-corrected chi connectivity index (χ2v) is 14.2. The van der Waals surface area contributed by atoms with Crippen LogP contribution in [0.2, 0.25) is 0 Å². The topological polar surface area (TPSA) is 9.86 Å². The van der Waals surface area contributed by atoms with Crippen molar-refractivity contribution in [3.8, 4) is 22.5 Å². The molecule has 10 aromatic rings. The van der Waals surface area contributed by atoms with E-state index in [0.29, 0.717) is 0 Å². The lowest BCUT2D eigenvalue weighted by Crippen LogP contribution is -1.96. The average molecular weight is 743 g/mol. The Morgan fingerprint density at radius 2 is 0.708 bits per heavy atom. The molecule has 0 aliphatic rings. The summed E-state index contributed by atoms with van der Waals surface area (Å²) in [6, 6.07) is 57.3. The molecule has 48 heavy (non-hydrogen) atoms. The van der Waals surface area contributed by atoms with Crippen LogP contribution in [0.5, 0.6) is 0 Å². The summed E-state index contributed by atoms with van der Waals surface area (Å²) in [5.41, 5.74) is 9.46. The van der Waals surface area contributed by atoms with Gasteiger partial charge in [-0.15, -0.1) is 0 Å². The van der Waals surface area contributed by atoms with Crippen LogP contribution in [0.15, 0.2) is 167 Å². The number of rotatable bonds is 3. The molecule has 0 amide bonds. The molecule has 0 bridgehead atoms. The lowest BCUT2D eigenvalue weighted by molar-refractivity contribution is 1.20. The Labute approximate surface area is 293 Å². The maximum atomic E-state index is 3.97. The number of benzene rings is 8. The summed E-state index contributed by atoms with van der Waals surface area (Å²) in [5.74, 6) is 0. The zero-order chi connectivity index (χ0) is 31.9. The normalized spacial score (nSPS) is 12.0. The van der Waals surface area contributed by atoms with Gasteiger partial charge in [-0.05, 0) is 70.4 Å². The number of para-hydroxylation sites is 2. The fraction of sp³-hybridized carbons (Fsp3) is 0. The fourth-order valence-electron chi connectivity index (χ4n) is 7.87. The summed E-state index contributed by atoms with van der Waals surface area (Å²) in [6.07, 6.45) is 0. The second kappa shape index (κ2) is 10.7. The Kier molecular flexibility index (Phi) is 6.21. The van der Waals surface area contributed by atoms with Crippen molar-refractivity contribution in [1.82, 2.24) is 9.13 Å². The highest BCUT2D eigenvalue weighted by molar-refractivity contribution is 9.10. The van der Waals surface area contributed by atoms with Crippen LogP contribution >= 0.6 is 31.9 Å². The zero-order valence-electron chi connectivity index (χ0n) is 25.7. The predicted octanol–water partition coefficient (Wildman–Crippen LogP) is 13.4. The minimum atomic E-state index is 1.04. The van der Waals surface area contributed by atoms with Crippen LogP contribution in [0.4, 0.5) is 0 Å². The predicted molar refractivity (Wildman–Crippen MR) is 211 cm³/mol. The van der Waals surface area contributed by atoms with Crippen molar-refractivity contribution in [3.05, 3.63) is 167 Å². The molecule has 0 aliphatic heterocycles. The smallest absolute Gasteiger partial charge is 0.0558 e. The van der Waals surface area contributed by atoms with Gasteiger partial charge >= 0.3 is 0 Å². The number of hydrogen-bond donors (Lipinski definition) is 0. The highest BCUT2D eigenvalue weighted by Crippen LogP contribution is 2.47. The van der Waals surface area contributed by atoms with Crippen LogP contribution in [-0.2, 0) is 0 Å². The van der Waals surface area contributed by atoms with Gasteiger partial charge in [-0.2, -0.15) is 0 Å². The molecule has 0 unspecified atom stereocenters. The molecule has 0 radical (unpaired) electrons. The van der Waals surface area contributed by atoms with Crippen molar-refractivity contribution in [2.75, 3.05) is 0 Å². The van der Waals surface area contributed by atoms with Gasteiger partial charge in [0.1, 0.15) is 0 Å². The van der Waals surface area contributed by atoms with Gasteiger partial charge in [0.15, 0.2) is 0 Å². The van der Waals surface area contributed by atoms with Crippen LogP contribution in [0.1, 0.15) is 0 Å². The first kappa shape index (κ1) is 27.9. The minimum absolute atomic E-state index is 1.04. The van der Waals surface area contributed by atoms with Crippen molar-refractivity contribution < 1.29 is 0 Å². The maximum Gasteiger partial charge on any atom is 0.0558 e.